The molecule has 1 aromatic rings. The molecule has 0 N–H and O–H groups in total. The number of anilines is 1. The third kappa shape index (κ3) is 5.77. The zero-order chi connectivity index (χ0) is 13.2. The van der Waals surface area contributed by atoms with Crippen LogP contribution in [-0.2, 0) is 0 Å². The van der Waals surface area contributed by atoms with Gasteiger partial charge in [-0.15, -0.1) is 0 Å². The number of rotatable bonds is 3. The normalized spacial score (nSPS) is 17.2. The third-order valence-electron chi connectivity index (χ3n) is 3.20. The first-order valence-corrected chi connectivity index (χ1v) is 6.19. The van der Waals surface area contributed by atoms with E-state index in [4.69, 9.17) is 0 Å². The van der Waals surface area contributed by atoms with Crippen LogP contribution in [0, 0.1) is 6.92 Å². The molecule has 1 aliphatic heterocycles. The minimum absolute atomic E-state index is 0. The number of halogens is 3. The molecule has 0 saturated carbocycles. The van der Waals surface area contributed by atoms with Gasteiger partial charge in [0.1, 0.15) is 0 Å². The molecule has 1 heterocycles. The Morgan fingerprint density at radius 3 is 2.26 bits per heavy atom. The van der Waals surface area contributed by atoms with Gasteiger partial charge in [-0.2, -0.15) is 0 Å². The van der Waals surface area contributed by atoms with E-state index in [9.17, 15) is 12.9 Å². The van der Waals surface area contributed by atoms with E-state index in [0.29, 0.717) is 26.2 Å². The van der Waals surface area contributed by atoms with Crippen molar-refractivity contribution in [3.63, 3.8) is 0 Å². The molecule has 0 unspecified atom stereocenters. The van der Waals surface area contributed by atoms with Crippen LogP contribution >= 0.6 is 0 Å². The Labute approximate surface area is 154 Å². The van der Waals surface area contributed by atoms with Crippen LogP contribution < -0.4 is 56.3 Å². The van der Waals surface area contributed by atoms with Gasteiger partial charge in [-0.05, 0) is 31.1 Å². The molecule has 19 heavy (non-hydrogen) atoms. The molecular weight excluding hydrogens is 279 g/mol. The van der Waals surface area contributed by atoms with Crippen molar-refractivity contribution in [2.75, 3.05) is 37.5 Å². The molecule has 0 amide bonds. The minimum atomic E-state index is -4.70. The quantitative estimate of drug-likeness (QED) is 0.695. The van der Waals surface area contributed by atoms with E-state index in [0.717, 1.165) is 5.69 Å². The van der Waals surface area contributed by atoms with E-state index in [-0.39, 0.29) is 51.4 Å². The fourth-order valence-electron chi connectivity index (χ4n) is 2.31. The van der Waals surface area contributed by atoms with E-state index in [1.165, 1.54) is 10.5 Å². The first kappa shape index (κ1) is 17.5. The molecule has 1 saturated heterocycles. The summed E-state index contributed by atoms with van der Waals surface area (Å²) in [4.78, 5) is 3.64. The molecule has 0 aliphatic carbocycles. The monoisotopic (exact) mass is 296 g/mol. The molecule has 100 valence electrons. The first-order valence-electron chi connectivity index (χ1n) is 6.19. The maximum atomic E-state index is 12.3. The van der Waals surface area contributed by atoms with Gasteiger partial charge in [-0.25, -0.2) is 0 Å². The van der Waals surface area contributed by atoms with Crippen molar-refractivity contribution in [1.29, 1.82) is 0 Å². The minimum Gasteiger partial charge on any atom is -0.448 e. The second-order valence-electron chi connectivity index (χ2n) is 4.84. The van der Waals surface area contributed by atoms with E-state index in [1.54, 1.807) is 0 Å². The average Bonchev–Trinajstić information content (AvgIpc) is 2.28. The number of piperazine rings is 1. The molecule has 0 aromatic heterocycles. The zero-order valence-corrected chi connectivity index (χ0v) is 14.6. The van der Waals surface area contributed by atoms with E-state index in [1.807, 2.05) is 25.1 Å². The topological polar surface area (TPSA) is 6.48 Å². The summed E-state index contributed by atoms with van der Waals surface area (Å²) >= 11 is 0. The van der Waals surface area contributed by atoms with E-state index >= 15 is 0 Å². The Hall–Kier alpha value is 0.471. The van der Waals surface area contributed by atoms with Gasteiger partial charge in [0.2, 0.25) is 0 Å². The number of nitrogens with zero attached hydrogens (tertiary/aromatic N) is 2. The number of hydrogen-bond donors (Lipinski definition) is 0. The molecule has 1 fully saturated rings. The fraction of sp³-hybridized carbons (Fsp3) is 0.500. The largest absolute Gasteiger partial charge is 1.00 e. The van der Waals surface area contributed by atoms with Crippen molar-refractivity contribution in [3.8, 4) is 0 Å². The molecule has 1 aliphatic rings. The van der Waals surface area contributed by atoms with Crippen LogP contribution in [0.4, 0.5) is 18.6 Å². The Bertz CT molecular complexity index is 406. The molecule has 2 rings (SSSR count). The first-order chi connectivity index (χ1) is 8.44. The van der Waals surface area contributed by atoms with Crippen LogP contribution in [0.1, 0.15) is 5.56 Å². The summed E-state index contributed by atoms with van der Waals surface area (Å²) in [5, 5.41) is 0. The van der Waals surface area contributed by atoms with Crippen LogP contribution in [0.15, 0.2) is 24.3 Å². The van der Waals surface area contributed by atoms with Gasteiger partial charge >= 0.3 is 58.4 Å². The van der Waals surface area contributed by atoms with Crippen molar-refractivity contribution in [2.45, 2.75) is 6.92 Å². The Morgan fingerprint density at radius 1 is 1.11 bits per heavy atom. The van der Waals surface area contributed by atoms with Crippen molar-refractivity contribution in [2.24, 2.45) is 0 Å². The molecule has 0 spiro atoms. The second kappa shape index (κ2) is 7.47. The molecule has 7 heteroatoms. The maximum absolute atomic E-state index is 12.3. The van der Waals surface area contributed by atoms with Gasteiger partial charge < -0.3 is 22.7 Å². The summed E-state index contributed by atoms with van der Waals surface area (Å²) < 4.78 is 37.0. The molecule has 0 radical (unpaired) electrons. The summed E-state index contributed by atoms with van der Waals surface area (Å²) in [6, 6.07) is 8.08. The standard InChI is InChI=1S/C12H17BF3N2.K/c1-11-3-2-4-12(9-11)18-7-5-17(6-8-18)10-13(14,15)16;/h2-4,9H,5-8,10H2,1H3;/q-1;+1. The molecule has 1 aromatic carbocycles. The van der Waals surface area contributed by atoms with E-state index < -0.39 is 13.4 Å². The van der Waals surface area contributed by atoms with Gasteiger partial charge in [0.15, 0.2) is 0 Å². The molecular formula is C12H17BF3KN2. The maximum Gasteiger partial charge on any atom is 1.00 e. The van der Waals surface area contributed by atoms with Crippen molar-refractivity contribution in [3.05, 3.63) is 29.8 Å². The smallest absolute Gasteiger partial charge is 0.448 e. The molecule has 0 atom stereocenters. The van der Waals surface area contributed by atoms with Gasteiger partial charge in [0.25, 0.3) is 0 Å². The van der Waals surface area contributed by atoms with Crippen LogP contribution in [-0.4, -0.2) is 44.5 Å². The predicted octanol–water partition coefficient (Wildman–Crippen LogP) is -0.492. The molecule has 0 bridgehead atoms. The Morgan fingerprint density at radius 2 is 1.74 bits per heavy atom. The number of hydrogen-bond acceptors (Lipinski definition) is 2. The summed E-state index contributed by atoms with van der Waals surface area (Å²) in [6.45, 7) is -0.395. The number of aryl methyl sites for hydroxylation is 1. The van der Waals surface area contributed by atoms with Crippen LogP contribution in [0.5, 0.6) is 0 Å². The predicted molar refractivity (Wildman–Crippen MR) is 68.9 cm³/mol. The van der Waals surface area contributed by atoms with Gasteiger partial charge in [0, 0.05) is 31.9 Å². The molecule has 2 nitrogen and oxygen atoms in total. The van der Waals surface area contributed by atoms with Gasteiger partial charge in [-0.1, -0.05) is 12.1 Å². The summed E-state index contributed by atoms with van der Waals surface area (Å²) in [6.07, 6.45) is -0.734. The van der Waals surface area contributed by atoms with E-state index in [2.05, 4.69) is 11.0 Å². The average molecular weight is 296 g/mol. The summed E-state index contributed by atoms with van der Waals surface area (Å²) in [5.41, 5.74) is 2.28. The van der Waals surface area contributed by atoms with Crippen LogP contribution in [0.2, 0.25) is 0 Å². The fourth-order valence-corrected chi connectivity index (χ4v) is 2.31. The van der Waals surface area contributed by atoms with Crippen molar-refractivity contribution >= 4 is 12.7 Å². The zero-order valence-electron chi connectivity index (χ0n) is 11.5. The van der Waals surface area contributed by atoms with Crippen molar-refractivity contribution < 1.29 is 64.3 Å². The SMILES string of the molecule is Cc1cccc(N2CCN(C[B-](F)(F)F)CC2)c1.[K+]. The second-order valence-corrected chi connectivity index (χ2v) is 4.84. The van der Waals surface area contributed by atoms with Gasteiger partial charge in [0.05, 0.1) is 0 Å². The number of benzene rings is 1. The Kier molecular flexibility index (Phi) is 6.89. The third-order valence-corrected chi connectivity index (χ3v) is 3.20. The Balaban J connectivity index is 0.00000180. The van der Waals surface area contributed by atoms with Crippen LogP contribution in [0.25, 0.3) is 0 Å². The van der Waals surface area contributed by atoms with Crippen molar-refractivity contribution in [1.82, 2.24) is 4.90 Å². The van der Waals surface area contributed by atoms with Gasteiger partial charge in [-0.3, -0.25) is 0 Å². The summed E-state index contributed by atoms with van der Waals surface area (Å²) in [7, 11) is 0. The van der Waals surface area contributed by atoms with Crippen LogP contribution in [0.3, 0.4) is 0 Å². The summed E-state index contributed by atoms with van der Waals surface area (Å²) in [5.74, 6) is 0.